The van der Waals surface area contributed by atoms with Crippen LogP contribution in [0.4, 0.5) is 0 Å². The van der Waals surface area contributed by atoms with Gasteiger partial charge in [-0.05, 0) is 30.2 Å². The molecular formula is C12H14BrNO3. The summed E-state index contributed by atoms with van der Waals surface area (Å²) >= 11 is 3.38. The number of rotatable bonds is 5. The molecule has 1 amide bonds. The molecule has 0 aliphatic carbocycles. The molecular weight excluding hydrogens is 286 g/mol. The van der Waals surface area contributed by atoms with Crippen LogP contribution in [0.5, 0.6) is 5.75 Å². The van der Waals surface area contributed by atoms with Crippen molar-refractivity contribution in [2.24, 2.45) is 0 Å². The maximum Gasteiger partial charge on any atom is 0.286 e. The number of carbonyl (C=O) groups excluding carboxylic acids is 2. The molecule has 92 valence electrons. The Balaban J connectivity index is 2.71. The van der Waals surface area contributed by atoms with E-state index in [1.165, 1.54) is 4.90 Å². The van der Waals surface area contributed by atoms with E-state index < -0.39 is 5.91 Å². The normalized spacial score (nSPS) is 9.82. The van der Waals surface area contributed by atoms with Crippen LogP contribution in [-0.2, 0) is 16.0 Å². The second kappa shape index (κ2) is 6.39. The van der Waals surface area contributed by atoms with E-state index in [1.807, 2.05) is 18.2 Å². The SMILES string of the molecule is COc1ccc(Br)cc1CCN(C)C(=O)C=O. The summed E-state index contributed by atoms with van der Waals surface area (Å²) in [4.78, 5) is 22.8. The Labute approximate surface area is 109 Å². The lowest BCUT2D eigenvalue weighted by molar-refractivity contribution is -0.137. The van der Waals surface area contributed by atoms with Crippen molar-refractivity contribution in [3.63, 3.8) is 0 Å². The molecule has 0 aromatic heterocycles. The first-order valence-electron chi connectivity index (χ1n) is 5.11. The molecule has 0 atom stereocenters. The lowest BCUT2D eigenvalue weighted by Gasteiger charge is -2.15. The lowest BCUT2D eigenvalue weighted by atomic mass is 10.1. The van der Waals surface area contributed by atoms with Gasteiger partial charge in [0, 0.05) is 18.1 Å². The molecule has 0 fully saturated rings. The van der Waals surface area contributed by atoms with E-state index in [0.29, 0.717) is 19.3 Å². The van der Waals surface area contributed by atoms with Gasteiger partial charge in [-0.2, -0.15) is 0 Å². The highest BCUT2D eigenvalue weighted by Crippen LogP contribution is 2.23. The molecule has 0 bridgehead atoms. The van der Waals surface area contributed by atoms with Gasteiger partial charge >= 0.3 is 0 Å². The number of likely N-dealkylation sites (N-methyl/N-ethyl adjacent to an activating group) is 1. The van der Waals surface area contributed by atoms with Gasteiger partial charge in [-0.3, -0.25) is 9.59 Å². The number of hydrogen-bond acceptors (Lipinski definition) is 3. The van der Waals surface area contributed by atoms with Crippen LogP contribution >= 0.6 is 15.9 Å². The third-order valence-electron chi connectivity index (χ3n) is 2.44. The first-order chi connectivity index (χ1) is 8.08. The minimum absolute atomic E-state index is 0.318. The molecule has 0 unspecified atom stereocenters. The highest BCUT2D eigenvalue weighted by molar-refractivity contribution is 9.10. The first-order valence-corrected chi connectivity index (χ1v) is 5.90. The fourth-order valence-corrected chi connectivity index (χ4v) is 1.84. The molecule has 17 heavy (non-hydrogen) atoms. The van der Waals surface area contributed by atoms with Crippen molar-refractivity contribution in [2.45, 2.75) is 6.42 Å². The minimum atomic E-state index is -0.515. The maximum atomic E-state index is 11.1. The highest BCUT2D eigenvalue weighted by Gasteiger charge is 2.09. The molecule has 0 spiro atoms. The summed E-state index contributed by atoms with van der Waals surface area (Å²) in [7, 11) is 3.20. The topological polar surface area (TPSA) is 46.6 Å². The third kappa shape index (κ3) is 3.85. The van der Waals surface area contributed by atoms with Crippen molar-refractivity contribution in [2.75, 3.05) is 20.7 Å². The summed E-state index contributed by atoms with van der Waals surface area (Å²) in [5.41, 5.74) is 0.993. The van der Waals surface area contributed by atoms with E-state index in [9.17, 15) is 9.59 Å². The molecule has 0 aliphatic heterocycles. The maximum absolute atomic E-state index is 11.1. The number of ether oxygens (including phenoxy) is 1. The summed E-state index contributed by atoms with van der Waals surface area (Å²) < 4.78 is 6.18. The predicted octanol–water partition coefficient (Wildman–Crippen LogP) is 1.66. The van der Waals surface area contributed by atoms with E-state index in [2.05, 4.69) is 15.9 Å². The van der Waals surface area contributed by atoms with E-state index >= 15 is 0 Å². The Morgan fingerprint density at radius 1 is 1.53 bits per heavy atom. The molecule has 1 aromatic rings. The highest BCUT2D eigenvalue weighted by atomic mass is 79.9. The zero-order valence-electron chi connectivity index (χ0n) is 9.77. The van der Waals surface area contributed by atoms with Gasteiger partial charge in [-0.15, -0.1) is 0 Å². The Kier molecular flexibility index (Phi) is 5.15. The number of amides is 1. The summed E-state index contributed by atoms with van der Waals surface area (Å²) in [6, 6.07) is 5.70. The fourth-order valence-electron chi connectivity index (χ4n) is 1.43. The number of halogens is 1. The average Bonchev–Trinajstić information content (AvgIpc) is 2.35. The Hall–Kier alpha value is -1.36. The zero-order chi connectivity index (χ0) is 12.8. The van der Waals surface area contributed by atoms with Gasteiger partial charge < -0.3 is 9.64 Å². The number of carbonyl (C=O) groups is 2. The van der Waals surface area contributed by atoms with Crippen LogP contribution in [0, 0.1) is 0 Å². The second-order valence-electron chi connectivity index (χ2n) is 3.58. The van der Waals surface area contributed by atoms with Gasteiger partial charge in [0.1, 0.15) is 5.75 Å². The summed E-state index contributed by atoms with van der Waals surface area (Å²) in [6.45, 7) is 0.477. The van der Waals surface area contributed by atoms with E-state index in [0.717, 1.165) is 15.8 Å². The second-order valence-corrected chi connectivity index (χ2v) is 4.50. The monoisotopic (exact) mass is 299 g/mol. The summed E-state index contributed by atoms with van der Waals surface area (Å²) in [6.07, 6.45) is 0.955. The quantitative estimate of drug-likeness (QED) is 0.614. The number of hydrogen-bond donors (Lipinski definition) is 0. The minimum Gasteiger partial charge on any atom is -0.496 e. The molecule has 1 aromatic carbocycles. The first kappa shape index (κ1) is 13.7. The molecule has 0 aliphatic rings. The van der Waals surface area contributed by atoms with Gasteiger partial charge in [0.15, 0.2) is 0 Å². The molecule has 0 saturated carbocycles. The number of aldehydes is 1. The summed E-state index contributed by atoms with van der Waals surface area (Å²) in [5.74, 6) is 0.263. The Morgan fingerprint density at radius 2 is 2.24 bits per heavy atom. The molecule has 0 heterocycles. The number of methoxy groups -OCH3 is 1. The van der Waals surface area contributed by atoms with Crippen molar-refractivity contribution in [3.05, 3.63) is 28.2 Å². The van der Waals surface area contributed by atoms with Gasteiger partial charge in [0.25, 0.3) is 5.91 Å². The standard InChI is InChI=1S/C12H14BrNO3/c1-14(12(16)8-15)6-5-9-7-10(13)3-4-11(9)17-2/h3-4,7-8H,5-6H2,1-2H3. The van der Waals surface area contributed by atoms with Crippen LogP contribution in [0.3, 0.4) is 0 Å². The van der Waals surface area contributed by atoms with Gasteiger partial charge in [-0.1, -0.05) is 15.9 Å². The van der Waals surface area contributed by atoms with Crippen LogP contribution < -0.4 is 4.74 Å². The van der Waals surface area contributed by atoms with Crippen LogP contribution in [-0.4, -0.2) is 37.8 Å². The van der Waals surface area contributed by atoms with Gasteiger partial charge in [0.2, 0.25) is 6.29 Å². The van der Waals surface area contributed by atoms with E-state index in [4.69, 9.17) is 4.74 Å². The van der Waals surface area contributed by atoms with Crippen molar-refractivity contribution in [1.82, 2.24) is 4.90 Å². The van der Waals surface area contributed by atoms with Gasteiger partial charge in [-0.25, -0.2) is 0 Å². The van der Waals surface area contributed by atoms with E-state index in [1.54, 1.807) is 14.2 Å². The van der Waals surface area contributed by atoms with Crippen LogP contribution in [0.1, 0.15) is 5.56 Å². The van der Waals surface area contributed by atoms with Gasteiger partial charge in [0.05, 0.1) is 7.11 Å². The predicted molar refractivity (Wildman–Crippen MR) is 68.1 cm³/mol. The zero-order valence-corrected chi connectivity index (χ0v) is 11.4. The largest absolute Gasteiger partial charge is 0.496 e. The summed E-state index contributed by atoms with van der Waals surface area (Å²) in [5, 5.41) is 0. The van der Waals surface area contributed by atoms with Crippen molar-refractivity contribution in [3.8, 4) is 5.75 Å². The lowest BCUT2D eigenvalue weighted by Crippen LogP contribution is -2.29. The molecule has 0 N–H and O–H groups in total. The van der Waals surface area contributed by atoms with Crippen LogP contribution in [0.2, 0.25) is 0 Å². The molecule has 5 heteroatoms. The van der Waals surface area contributed by atoms with Crippen molar-refractivity contribution >= 4 is 28.1 Å². The smallest absolute Gasteiger partial charge is 0.286 e. The average molecular weight is 300 g/mol. The number of benzene rings is 1. The van der Waals surface area contributed by atoms with Crippen molar-refractivity contribution < 1.29 is 14.3 Å². The molecule has 0 saturated heterocycles. The third-order valence-corrected chi connectivity index (χ3v) is 2.93. The Morgan fingerprint density at radius 3 is 2.82 bits per heavy atom. The molecule has 0 radical (unpaired) electrons. The van der Waals surface area contributed by atoms with Crippen LogP contribution in [0.15, 0.2) is 22.7 Å². The Bertz CT molecular complexity index is 420. The van der Waals surface area contributed by atoms with Crippen molar-refractivity contribution in [1.29, 1.82) is 0 Å². The van der Waals surface area contributed by atoms with Crippen LogP contribution in [0.25, 0.3) is 0 Å². The molecule has 1 rings (SSSR count). The molecule has 4 nitrogen and oxygen atoms in total. The number of nitrogens with zero attached hydrogens (tertiary/aromatic N) is 1. The fraction of sp³-hybridized carbons (Fsp3) is 0.333. The van der Waals surface area contributed by atoms with E-state index in [-0.39, 0.29) is 0 Å².